The number of hydrogen-bond donors (Lipinski definition) is 2. The molecule has 0 aromatic carbocycles. The number of carbonyl (C=O) groups is 1. The zero-order valence-corrected chi connectivity index (χ0v) is 12.3. The van der Waals surface area contributed by atoms with Crippen LogP contribution in [-0.4, -0.2) is 41.5 Å². The molecule has 2 atom stereocenters. The van der Waals surface area contributed by atoms with Crippen molar-refractivity contribution < 1.29 is 4.79 Å². The molecule has 1 amide bonds. The van der Waals surface area contributed by atoms with Gasteiger partial charge in [0, 0.05) is 18.6 Å². The van der Waals surface area contributed by atoms with E-state index in [1.807, 2.05) is 20.8 Å². The minimum absolute atomic E-state index is 0.247. The highest BCUT2D eigenvalue weighted by Gasteiger charge is 2.33. The Morgan fingerprint density at radius 1 is 1.56 bits per heavy atom. The predicted molar refractivity (Wildman–Crippen MR) is 75.4 cm³/mol. The van der Waals surface area contributed by atoms with Gasteiger partial charge < -0.3 is 16.0 Å². The van der Waals surface area contributed by atoms with Crippen LogP contribution in [0.4, 0.5) is 0 Å². The number of nitrogens with one attached hydrogen (secondary N) is 1. The molecule has 0 bridgehead atoms. The molecule has 1 fully saturated rings. The van der Waals surface area contributed by atoms with Crippen LogP contribution >= 0.6 is 0 Å². The third-order valence-corrected chi connectivity index (χ3v) is 4.02. The van der Waals surface area contributed by atoms with E-state index in [4.69, 9.17) is 5.73 Å². The molecule has 1 aliphatic rings. The SMILES string of the molecule is CCC1CCCN1CCC(C)(NC(C)C)C(N)=O. The van der Waals surface area contributed by atoms with Crippen molar-refractivity contribution >= 4 is 5.91 Å². The van der Waals surface area contributed by atoms with Crippen LogP contribution in [0.3, 0.4) is 0 Å². The first-order valence-electron chi connectivity index (χ1n) is 7.20. The summed E-state index contributed by atoms with van der Waals surface area (Å²) in [6.45, 7) is 10.4. The lowest BCUT2D eigenvalue weighted by Crippen LogP contribution is -2.56. The molecule has 1 rings (SSSR count). The molecule has 0 radical (unpaired) electrons. The molecule has 0 spiro atoms. The van der Waals surface area contributed by atoms with Crippen molar-refractivity contribution in [1.29, 1.82) is 0 Å². The molecule has 4 nitrogen and oxygen atoms in total. The standard InChI is InChI=1S/C14H29N3O/c1-5-12-7-6-9-17(12)10-8-14(4,13(15)18)16-11(2)3/h11-12,16H,5-10H2,1-4H3,(H2,15,18). The molecular formula is C14H29N3O. The molecule has 0 aromatic rings. The fraction of sp³-hybridized carbons (Fsp3) is 0.929. The zero-order chi connectivity index (χ0) is 13.8. The van der Waals surface area contributed by atoms with E-state index in [9.17, 15) is 4.79 Å². The van der Waals surface area contributed by atoms with Gasteiger partial charge in [0.15, 0.2) is 0 Å². The van der Waals surface area contributed by atoms with E-state index < -0.39 is 5.54 Å². The van der Waals surface area contributed by atoms with Gasteiger partial charge in [0.1, 0.15) is 0 Å². The second-order valence-corrected chi connectivity index (χ2v) is 5.99. The Balaban J connectivity index is 2.54. The first-order chi connectivity index (χ1) is 8.39. The number of hydrogen-bond acceptors (Lipinski definition) is 3. The molecule has 1 aliphatic heterocycles. The minimum Gasteiger partial charge on any atom is -0.368 e. The van der Waals surface area contributed by atoms with Crippen LogP contribution in [0.25, 0.3) is 0 Å². The molecular weight excluding hydrogens is 226 g/mol. The average Bonchev–Trinajstić information content (AvgIpc) is 2.72. The minimum atomic E-state index is -0.588. The quantitative estimate of drug-likeness (QED) is 0.724. The molecule has 0 saturated carbocycles. The Hall–Kier alpha value is -0.610. The highest BCUT2D eigenvalue weighted by atomic mass is 16.1. The van der Waals surface area contributed by atoms with Crippen molar-refractivity contribution in [1.82, 2.24) is 10.2 Å². The second-order valence-electron chi connectivity index (χ2n) is 5.99. The highest BCUT2D eigenvalue weighted by Crippen LogP contribution is 2.22. The smallest absolute Gasteiger partial charge is 0.237 e. The lowest BCUT2D eigenvalue weighted by molar-refractivity contribution is -0.124. The van der Waals surface area contributed by atoms with Crippen molar-refractivity contribution in [2.75, 3.05) is 13.1 Å². The number of rotatable bonds is 7. The summed E-state index contributed by atoms with van der Waals surface area (Å²) in [4.78, 5) is 14.2. The number of likely N-dealkylation sites (tertiary alicyclic amines) is 1. The van der Waals surface area contributed by atoms with Gasteiger partial charge in [0.25, 0.3) is 0 Å². The van der Waals surface area contributed by atoms with Crippen LogP contribution in [0, 0.1) is 0 Å². The van der Waals surface area contributed by atoms with Gasteiger partial charge in [-0.05, 0) is 53.0 Å². The average molecular weight is 255 g/mol. The number of nitrogens with zero attached hydrogens (tertiary/aromatic N) is 1. The third-order valence-electron chi connectivity index (χ3n) is 4.02. The predicted octanol–water partition coefficient (Wildman–Crippen LogP) is 1.49. The van der Waals surface area contributed by atoms with E-state index in [0.717, 1.165) is 19.5 Å². The number of amides is 1. The number of primary amides is 1. The summed E-state index contributed by atoms with van der Waals surface area (Å²) in [5, 5.41) is 3.31. The number of nitrogens with two attached hydrogens (primary N) is 1. The summed E-state index contributed by atoms with van der Waals surface area (Å²) in [6.07, 6.45) is 4.56. The molecule has 4 heteroatoms. The Bertz CT molecular complexity index is 280. The zero-order valence-electron chi connectivity index (χ0n) is 12.3. The molecule has 0 aromatic heterocycles. The molecule has 106 valence electrons. The Morgan fingerprint density at radius 3 is 2.72 bits per heavy atom. The van der Waals surface area contributed by atoms with Gasteiger partial charge in [-0.2, -0.15) is 0 Å². The maximum atomic E-state index is 11.7. The van der Waals surface area contributed by atoms with Crippen molar-refractivity contribution in [2.24, 2.45) is 5.73 Å². The van der Waals surface area contributed by atoms with Crippen LogP contribution in [0.5, 0.6) is 0 Å². The summed E-state index contributed by atoms with van der Waals surface area (Å²) < 4.78 is 0. The lowest BCUT2D eigenvalue weighted by Gasteiger charge is -2.33. The summed E-state index contributed by atoms with van der Waals surface area (Å²) in [7, 11) is 0. The van der Waals surface area contributed by atoms with Crippen molar-refractivity contribution in [2.45, 2.75) is 71.0 Å². The normalized spacial score (nSPS) is 24.4. The third kappa shape index (κ3) is 3.95. The van der Waals surface area contributed by atoms with E-state index in [2.05, 4.69) is 17.1 Å². The maximum absolute atomic E-state index is 11.7. The van der Waals surface area contributed by atoms with Gasteiger partial charge in [0.2, 0.25) is 5.91 Å². The first-order valence-corrected chi connectivity index (χ1v) is 7.20. The van der Waals surface area contributed by atoms with Gasteiger partial charge in [-0.1, -0.05) is 6.92 Å². The first kappa shape index (κ1) is 15.4. The van der Waals surface area contributed by atoms with Gasteiger partial charge in [-0.3, -0.25) is 4.79 Å². The summed E-state index contributed by atoms with van der Waals surface area (Å²) in [5.74, 6) is -0.247. The summed E-state index contributed by atoms with van der Waals surface area (Å²) >= 11 is 0. The summed E-state index contributed by atoms with van der Waals surface area (Å²) in [5.41, 5.74) is 4.96. The fourth-order valence-electron chi connectivity index (χ4n) is 2.92. The van der Waals surface area contributed by atoms with E-state index in [1.165, 1.54) is 19.3 Å². The monoisotopic (exact) mass is 255 g/mol. The maximum Gasteiger partial charge on any atom is 0.237 e. The highest BCUT2D eigenvalue weighted by molar-refractivity contribution is 5.84. The molecule has 1 saturated heterocycles. The molecule has 3 N–H and O–H groups in total. The Morgan fingerprint density at radius 2 is 2.22 bits per heavy atom. The fourth-order valence-corrected chi connectivity index (χ4v) is 2.92. The van der Waals surface area contributed by atoms with E-state index in [-0.39, 0.29) is 11.9 Å². The van der Waals surface area contributed by atoms with Crippen molar-refractivity contribution in [3.8, 4) is 0 Å². The van der Waals surface area contributed by atoms with Crippen LogP contribution < -0.4 is 11.1 Å². The van der Waals surface area contributed by atoms with Gasteiger partial charge in [-0.25, -0.2) is 0 Å². The molecule has 18 heavy (non-hydrogen) atoms. The van der Waals surface area contributed by atoms with Crippen LogP contribution in [0.15, 0.2) is 0 Å². The van der Waals surface area contributed by atoms with E-state index in [1.54, 1.807) is 0 Å². The Labute approximate surface area is 111 Å². The van der Waals surface area contributed by atoms with Crippen LogP contribution in [0.1, 0.15) is 53.4 Å². The molecule has 2 unspecified atom stereocenters. The number of carbonyl (C=O) groups excluding carboxylic acids is 1. The van der Waals surface area contributed by atoms with Gasteiger partial charge >= 0.3 is 0 Å². The van der Waals surface area contributed by atoms with Gasteiger partial charge in [-0.15, -0.1) is 0 Å². The van der Waals surface area contributed by atoms with Crippen molar-refractivity contribution in [3.05, 3.63) is 0 Å². The van der Waals surface area contributed by atoms with Crippen LogP contribution in [-0.2, 0) is 4.79 Å². The van der Waals surface area contributed by atoms with Gasteiger partial charge in [0.05, 0.1) is 5.54 Å². The van der Waals surface area contributed by atoms with Crippen LogP contribution in [0.2, 0.25) is 0 Å². The second kappa shape index (κ2) is 6.53. The van der Waals surface area contributed by atoms with Crippen molar-refractivity contribution in [3.63, 3.8) is 0 Å². The lowest BCUT2D eigenvalue weighted by atomic mass is 9.95. The topological polar surface area (TPSA) is 58.4 Å². The van der Waals surface area contributed by atoms with E-state index in [0.29, 0.717) is 6.04 Å². The Kier molecular flexibility index (Phi) is 5.60. The largest absolute Gasteiger partial charge is 0.368 e. The molecule has 1 heterocycles. The van der Waals surface area contributed by atoms with E-state index >= 15 is 0 Å². The summed E-state index contributed by atoms with van der Waals surface area (Å²) in [6, 6.07) is 0.962. The molecule has 0 aliphatic carbocycles.